The minimum atomic E-state index is -4.76. The summed E-state index contributed by atoms with van der Waals surface area (Å²) in [6.45, 7) is 4.25. The summed E-state index contributed by atoms with van der Waals surface area (Å²) in [5.41, 5.74) is -0.972. The summed E-state index contributed by atoms with van der Waals surface area (Å²) in [4.78, 5) is 27.6. The molecule has 7 nitrogen and oxygen atoms in total. The van der Waals surface area contributed by atoms with Crippen molar-refractivity contribution in [3.8, 4) is 0 Å². The first kappa shape index (κ1) is 30.9. The predicted octanol–water partition coefficient (Wildman–Crippen LogP) is 5.22. The standard InChI is InChI=1S/C24H28BrClF3N3O4S/c1-5-15(2)30-23(34)16(3)31(13-17-7-6-8-19(25)11-17)22(33)14-32(37(4,35)36)21-12-18(24(27,28)29)9-10-20(21)26/h6-12,15-16H,5,13-14H2,1-4H3,(H,30,34)/t15-,16-/m0/s1. The van der Waals surface area contributed by atoms with Crippen molar-refractivity contribution in [3.05, 3.63) is 63.1 Å². The van der Waals surface area contributed by atoms with Crippen LogP contribution in [0.15, 0.2) is 46.9 Å². The van der Waals surface area contributed by atoms with Crippen molar-refractivity contribution in [3.63, 3.8) is 0 Å². The number of nitrogens with zero attached hydrogens (tertiary/aromatic N) is 2. The van der Waals surface area contributed by atoms with Crippen molar-refractivity contribution in [2.75, 3.05) is 17.1 Å². The van der Waals surface area contributed by atoms with Gasteiger partial charge in [0, 0.05) is 17.1 Å². The Balaban J connectivity index is 2.50. The fraction of sp³-hybridized carbons (Fsp3) is 0.417. The van der Waals surface area contributed by atoms with Gasteiger partial charge in [-0.15, -0.1) is 0 Å². The maximum Gasteiger partial charge on any atom is 0.416 e. The van der Waals surface area contributed by atoms with Gasteiger partial charge in [-0.3, -0.25) is 13.9 Å². The summed E-state index contributed by atoms with van der Waals surface area (Å²) in [6, 6.07) is 7.99. The number of anilines is 1. The Morgan fingerprint density at radius 3 is 2.32 bits per heavy atom. The lowest BCUT2D eigenvalue weighted by Gasteiger charge is -2.32. The second-order valence-electron chi connectivity index (χ2n) is 8.58. The van der Waals surface area contributed by atoms with Crippen LogP contribution in [0.3, 0.4) is 0 Å². The summed E-state index contributed by atoms with van der Waals surface area (Å²) in [5.74, 6) is -1.26. The molecule has 0 aliphatic rings. The highest BCUT2D eigenvalue weighted by atomic mass is 79.9. The Bertz CT molecular complexity index is 1240. The van der Waals surface area contributed by atoms with Gasteiger partial charge < -0.3 is 10.2 Å². The van der Waals surface area contributed by atoms with Crippen LogP contribution in [0.4, 0.5) is 18.9 Å². The molecule has 0 bridgehead atoms. The third-order valence-corrected chi connectivity index (χ3v) is 7.57. The minimum absolute atomic E-state index is 0.0543. The van der Waals surface area contributed by atoms with E-state index in [1.807, 2.05) is 6.92 Å². The molecule has 0 heterocycles. The summed E-state index contributed by atoms with van der Waals surface area (Å²) in [5, 5.41) is 2.51. The van der Waals surface area contributed by atoms with Crippen LogP contribution < -0.4 is 9.62 Å². The van der Waals surface area contributed by atoms with Crippen LogP contribution in [0, 0.1) is 0 Å². The number of halogens is 5. The molecule has 0 aliphatic carbocycles. The Hall–Kier alpha value is -2.31. The third-order valence-electron chi connectivity index (χ3n) is 5.63. The number of sulfonamides is 1. The van der Waals surface area contributed by atoms with Crippen molar-refractivity contribution in [1.29, 1.82) is 0 Å². The molecule has 2 amide bonds. The van der Waals surface area contributed by atoms with Gasteiger partial charge in [0.15, 0.2) is 0 Å². The van der Waals surface area contributed by atoms with Crippen LogP contribution in [0.2, 0.25) is 5.02 Å². The van der Waals surface area contributed by atoms with Crippen LogP contribution in [0.5, 0.6) is 0 Å². The Kier molecular flexibility index (Phi) is 10.4. The van der Waals surface area contributed by atoms with E-state index in [1.165, 1.54) is 11.8 Å². The van der Waals surface area contributed by atoms with E-state index in [2.05, 4.69) is 21.2 Å². The third kappa shape index (κ3) is 8.61. The monoisotopic (exact) mass is 625 g/mol. The van der Waals surface area contributed by atoms with Gasteiger partial charge in [0.2, 0.25) is 21.8 Å². The van der Waals surface area contributed by atoms with E-state index in [0.717, 1.165) is 22.9 Å². The van der Waals surface area contributed by atoms with E-state index >= 15 is 0 Å². The summed E-state index contributed by atoms with van der Waals surface area (Å²) in [6.07, 6.45) is -3.36. The molecule has 0 aromatic heterocycles. The van der Waals surface area contributed by atoms with Crippen LogP contribution >= 0.6 is 27.5 Å². The second kappa shape index (κ2) is 12.5. The zero-order valence-corrected chi connectivity index (χ0v) is 23.8. The van der Waals surface area contributed by atoms with Crippen LogP contribution in [0.1, 0.15) is 38.3 Å². The summed E-state index contributed by atoms with van der Waals surface area (Å²) >= 11 is 9.42. The molecule has 2 aromatic carbocycles. The first-order chi connectivity index (χ1) is 17.0. The molecule has 1 N–H and O–H groups in total. The Morgan fingerprint density at radius 2 is 1.78 bits per heavy atom. The first-order valence-electron chi connectivity index (χ1n) is 11.2. The molecule has 0 unspecified atom stereocenters. The molecule has 0 radical (unpaired) electrons. The van der Waals surface area contributed by atoms with E-state index in [-0.39, 0.29) is 17.6 Å². The van der Waals surface area contributed by atoms with Gasteiger partial charge in [-0.2, -0.15) is 13.2 Å². The quantitative estimate of drug-likeness (QED) is 0.392. The van der Waals surface area contributed by atoms with Gasteiger partial charge in [0.05, 0.1) is 22.5 Å². The summed E-state index contributed by atoms with van der Waals surface area (Å²) in [7, 11) is -4.25. The number of carbonyl (C=O) groups excluding carboxylic acids is 2. The van der Waals surface area contributed by atoms with Crippen LogP contribution in [-0.4, -0.2) is 50.0 Å². The molecule has 37 heavy (non-hydrogen) atoms. The number of rotatable bonds is 10. The number of alkyl halides is 3. The van der Waals surface area contributed by atoms with Gasteiger partial charge >= 0.3 is 6.18 Å². The molecule has 2 aromatic rings. The van der Waals surface area contributed by atoms with E-state index in [1.54, 1.807) is 31.2 Å². The number of amides is 2. The highest BCUT2D eigenvalue weighted by molar-refractivity contribution is 9.10. The van der Waals surface area contributed by atoms with Crippen molar-refractivity contribution < 1.29 is 31.2 Å². The smallest absolute Gasteiger partial charge is 0.352 e. The molecule has 2 atom stereocenters. The van der Waals surface area contributed by atoms with Crippen molar-refractivity contribution in [2.24, 2.45) is 0 Å². The molecule has 204 valence electrons. The zero-order valence-electron chi connectivity index (χ0n) is 20.6. The average molecular weight is 627 g/mol. The van der Waals surface area contributed by atoms with E-state index in [4.69, 9.17) is 11.6 Å². The number of nitrogens with one attached hydrogen (secondary N) is 1. The molecule has 0 saturated heterocycles. The lowest BCUT2D eigenvalue weighted by Crippen LogP contribution is -2.52. The van der Waals surface area contributed by atoms with E-state index in [0.29, 0.717) is 22.4 Å². The van der Waals surface area contributed by atoms with E-state index in [9.17, 15) is 31.2 Å². The first-order valence-corrected chi connectivity index (χ1v) is 14.2. The lowest BCUT2D eigenvalue weighted by atomic mass is 10.1. The fourth-order valence-corrected chi connectivity index (χ4v) is 4.92. The molecule has 0 fully saturated rings. The highest BCUT2D eigenvalue weighted by Crippen LogP contribution is 2.36. The fourth-order valence-electron chi connectivity index (χ4n) is 3.36. The zero-order chi connectivity index (χ0) is 28.1. The number of hydrogen-bond acceptors (Lipinski definition) is 4. The van der Waals surface area contributed by atoms with Gasteiger partial charge in [-0.25, -0.2) is 8.42 Å². The SMILES string of the molecule is CC[C@H](C)NC(=O)[C@H](C)N(Cc1cccc(Br)c1)C(=O)CN(c1cc(C(F)(F)F)ccc1Cl)S(C)(=O)=O. The molecule has 0 spiro atoms. The van der Waals surface area contributed by atoms with Crippen LogP contribution in [0.25, 0.3) is 0 Å². The number of hydrogen-bond donors (Lipinski definition) is 1. The molecule has 13 heteroatoms. The topological polar surface area (TPSA) is 86.8 Å². The van der Waals surface area contributed by atoms with Gasteiger partial charge in [-0.05, 0) is 56.2 Å². The molecule has 0 saturated carbocycles. The number of benzene rings is 2. The molecular formula is C24H28BrClF3N3O4S. The molecule has 0 aliphatic heterocycles. The van der Waals surface area contributed by atoms with Crippen molar-refractivity contribution >= 4 is 55.1 Å². The Morgan fingerprint density at radius 1 is 1.14 bits per heavy atom. The normalized spacial score (nSPS) is 13.5. The van der Waals surface area contributed by atoms with Crippen molar-refractivity contribution in [1.82, 2.24) is 10.2 Å². The summed E-state index contributed by atoms with van der Waals surface area (Å²) < 4.78 is 66.4. The van der Waals surface area contributed by atoms with E-state index < -0.39 is 51.9 Å². The lowest BCUT2D eigenvalue weighted by molar-refractivity contribution is -0.139. The molecule has 2 rings (SSSR count). The Labute approximate surface area is 228 Å². The van der Waals surface area contributed by atoms with Gasteiger partial charge in [-0.1, -0.05) is 46.6 Å². The minimum Gasteiger partial charge on any atom is -0.352 e. The molecular weight excluding hydrogens is 599 g/mol. The van der Waals surface area contributed by atoms with Crippen LogP contribution in [-0.2, 0) is 32.3 Å². The average Bonchev–Trinajstić information content (AvgIpc) is 2.79. The predicted molar refractivity (Wildman–Crippen MR) is 141 cm³/mol. The van der Waals surface area contributed by atoms with Crippen molar-refractivity contribution in [2.45, 2.75) is 52.0 Å². The van der Waals surface area contributed by atoms with Gasteiger partial charge in [0.1, 0.15) is 12.6 Å². The number of carbonyl (C=O) groups is 2. The maximum absolute atomic E-state index is 13.5. The second-order valence-corrected chi connectivity index (χ2v) is 11.8. The highest BCUT2D eigenvalue weighted by Gasteiger charge is 2.34. The van der Waals surface area contributed by atoms with Gasteiger partial charge in [0.25, 0.3) is 0 Å². The largest absolute Gasteiger partial charge is 0.416 e. The maximum atomic E-state index is 13.5.